The van der Waals surface area contributed by atoms with Gasteiger partial charge in [-0.3, -0.25) is 0 Å². The van der Waals surface area contributed by atoms with E-state index in [9.17, 15) is 8.42 Å². The average Bonchev–Trinajstić information content (AvgIpc) is 2.81. The van der Waals surface area contributed by atoms with Crippen LogP contribution in [0.4, 0.5) is 0 Å². The number of fused-ring (bicyclic) bond motifs is 1. The van der Waals surface area contributed by atoms with Crippen molar-refractivity contribution in [3.8, 4) is 0 Å². The molecule has 0 saturated heterocycles. The number of benzene rings is 2. The lowest BCUT2D eigenvalue weighted by molar-refractivity contribution is 0.595. The van der Waals surface area contributed by atoms with Gasteiger partial charge in [0.15, 0.2) is 0 Å². The van der Waals surface area contributed by atoms with E-state index in [0.29, 0.717) is 5.56 Å². The molecule has 2 aromatic rings. The van der Waals surface area contributed by atoms with Crippen molar-refractivity contribution in [1.29, 1.82) is 0 Å². The minimum absolute atomic E-state index is 0.0747. The Balaban J connectivity index is 2.16. The van der Waals surface area contributed by atoms with Crippen LogP contribution >= 0.6 is 0 Å². The van der Waals surface area contributed by atoms with E-state index in [1.54, 1.807) is 18.2 Å². The number of hydrogen-bond donors (Lipinski definition) is 1. The molecule has 1 unspecified atom stereocenters. The Morgan fingerprint density at radius 3 is 2.74 bits per heavy atom. The maximum absolute atomic E-state index is 11.7. The van der Waals surface area contributed by atoms with Gasteiger partial charge in [0.2, 0.25) is 10.0 Å². The van der Waals surface area contributed by atoms with Gasteiger partial charge in [-0.15, -0.1) is 0 Å². The van der Waals surface area contributed by atoms with Crippen molar-refractivity contribution in [1.82, 2.24) is 0 Å². The number of aryl methyl sites for hydroxylation is 1. The van der Waals surface area contributed by atoms with Crippen molar-refractivity contribution in [3.63, 3.8) is 0 Å². The lowest BCUT2D eigenvalue weighted by atomic mass is 9.93. The molecule has 97 valence electrons. The highest BCUT2D eigenvalue weighted by Crippen LogP contribution is 2.39. The SMILES string of the molecule is NS(=O)(=O)c1ccc[c]c1C1CCc2ccccc21. The highest BCUT2D eigenvalue weighted by atomic mass is 32.2. The average molecular weight is 272 g/mol. The lowest BCUT2D eigenvalue weighted by Crippen LogP contribution is -2.16. The zero-order valence-corrected chi connectivity index (χ0v) is 11.2. The molecule has 3 rings (SSSR count). The van der Waals surface area contributed by atoms with Gasteiger partial charge in [0.05, 0.1) is 4.90 Å². The minimum Gasteiger partial charge on any atom is -0.225 e. The quantitative estimate of drug-likeness (QED) is 0.911. The number of primary sulfonamides is 1. The molecule has 0 heterocycles. The topological polar surface area (TPSA) is 60.2 Å². The molecule has 0 bridgehead atoms. The molecule has 0 fully saturated rings. The molecule has 4 heteroatoms. The molecule has 3 nitrogen and oxygen atoms in total. The maximum atomic E-state index is 11.7. The fourth-order valence-corrected chi connectivity index (χ4v) is 3.59. The summed E-state index contributed by atoms with van der Waals surface area (Å²) < 4.78 is 23.4. The number of nitrogens with two attached hydrogens (primary N) is 1. The van der Waals surface area contributed by atoms with E-state index in [1.165, 1.54) is 11.1 Å². The van der Waals surface area contributed by atoms with Gasteiger partial charge in [-0.05, 0) is 41.7 Å². The van der Waals surface area contributed by atoms with Crippen LogP contribution in [0.25, 0.3) is 0 Å². The molecule has 0 aliphatic heterocycles. The Bertz CT molecular complexity index is 722. The molecule has 2 N–H and O–H groups in total. The van der Waals surface area contributed by atoms with Crippen molar-refractivity contribution < 1.29 is 8.42 Å². The molecular formula is C15H14NO2S. The second kappa shape index (κ2) is 4.47. The van der Waals surface area contributed by atoms with Gasteiger partial charge < -0.3 is 0 Å². The summed E-state index contributed by atoms with van der Waals surface area (Å²) in [7, 11) is -3.70. The Labute approximate surface area is 113 Å². The summed E-state index contributed by atoms with van der Waals surface area (Å²) in [6, 6.07) is 16.2. The van der Waals surface area contributed by atoms with Gasteiger partial charge in [-0.1, -0.05) is 36.4 Å². The number of rotatable bonds is 2. The van der Waals surface area contributed by atoms with Gasteiger partial charge in [0.25, 0.3) is 0 Å². The van der Waals surface area contributed by atoms with Crippen LogP contribution in [-0.4, -0.2) is 8.42 Å². The van der Waals surface area contributed by atoms with E-state index in [1.807, 2.05) is 12.1 Å². The van der Waals surface area contributed by atoms with Crippen molar-refractivity contribution in [2.75, 3.05) is 0 Å². The first-order valence-electron chi connectivity index (χ1n) is 6.18. The van der Waals surface area contributed by atoms with Crippen LogP contribution in [-0.2, 0) is 16.4 Å². The second-order valence-corrected chi connectivity index (χ2v) is 6.31. The van der Waals surface area contributed by atoms with E-state index >= 15 is 0 Å². The first-order chi connectivity index (χ1) is 9.07. The number of sulfonamides is 1. The molecule has 19 heavy (non-hydrogen) atoms. The highest BCUT2D eigenvalue weighted by molar-refractivity contribution is 7.89. The summed E-state index contributed by atoms with van der Waals surface area (Å²) in [4.78, 5) is 0.191. The molecule has 0 aromatic heterocycles. The second-order valence-electron chi connectivity index (χ2n) is 4.78. The first-order valence-corrected chi connectivity index (χ1v) is 7.73. The van der Waals surface area contributed by atoms with Crippen molar-refractivity contribution in [2.24, 2.45) is 5.14 Å². The maximum Gasteiger partial charge on any atom is 0.238 e. The van der Waals surface area contributed by atoms with Crippen molar-refractivity contribution in [2.45, 2.75) is 23.7 Å². The third-order valence-electron chi connectivity index (χ3n) is 3.64. The summed E-state index contributed by atoms with van der Waals surface area (Å²) in [6.45, 7) is 0. The fraction of sp³-hybridized carbons (Fsp3) is 0.200. The summed E-state index contributed by atoms with van der Waals surface area (Å²) >= 11 is 0. The standard InChI is InChI=1S/C15H14NO2S/c16-19(17,18)15-8-4-3-7-14(15)13-10-9-11-5-1-2-6-12(11)13/h1-6,8,13H,9-10H2,(H2,16,17,18). The van der Waals surface area contributed by atoms with Crippen LogP contribution < -0.4 is 5.14 Å². The van der Waals surface area contributed by atoms with Crippen LogP contribution in [0.3, 0.4) is 0 Å². The third kappa shape index (κ3) is 2.17. The van der Waals surface area contributed by atoms with Crippen LogP contribution in [0.2, 0.25) is 0 Å². The number of hydrogen-bond acceptors (Lipinski definition) is 2. The third-order valence-corrected chi connectivity index (χ3v) is 4.61. The summed E-state index contributed by atoms with van der Waals surface area (Å²) in [6.07, 6.45) is 1.87. The predicted molar refractivity (Wildman–Crippen MR) is 73.3 cm³/mol. The monoisotopic (exact) mass is 272 g/mol. The fourth-order valence-electron chi connectivity index (χ4n) is 2.81. The molecule has 1 aliphatic carbocycles. The summed E-state index contributed by atoms with van der Waals surface area (Å²) in [5.41, 5.74) is 3.16. The molecular weight excluding hydrogens is 258 g/mol. The van der Waals surface area contributed by atoms with E-state index in [4.69, 9.17) is 5.14 Å². The van der Waals surface area contributed by atoms with Crippen LogP contribution in [0.1, 0.15) is 29.0 Å². The molecule has 0 amide bonds. The first kappa shape index (κ1) is 12.4. The Kier molecular flexibility index (Phi) is 2.92. The molecule has 1 atom stereocenters. The van der Waals surface area contributed by atoms with Gasteiger partial charge in [-0.2, -0.15) is 0 Å². The molecule has 2 aromatic carbocycles. The van der Waals surface area contributed by atoms with E-state index < -0.39 is 10.0 Å². The van der Waals surface area contributed by atoms with Crippen LogP contribution in [0.15, 0.2) is 47.4 Å². The van der Waals surface area contributed by atoms with Crippen molar-refractivity contribution in [3.05, 3.63) is 65.2 Å². The Morgan fingerprint density at radius 1 is 1.16 bits per heavy atom. The van der Waals surface area contributed by atoms with Crippen LogP contribution in [0, 0.1) is 6.07 Å². The lowest BCUT2D eigenvalue weighted by Gasteiger charge is -2.15. The summed E-state index contributed by atoms with van der Waals surface area (Å²) in [5.74, 6) is 0.0747. The van der Waals surface area contributed by atoms with E-state index in [-0.39, 0.29) is 10.8 Å². The zero-order valence-electron chi connectivity index (χ0n) is 10.3. The molecule has 1 radical (unpaired) electrons. The van der Waals surface area contributed by atoms with Gasteiger partial charge in [0.1, 0.15) is 0 Å². The smallest absolute Gasteiger partial charge is 0.225 e. The van der Waals surface area contributed by atoms with E-state index in [2.05, 4.69) is 18.2 Å². The van der Waals surface area contributed by atoms with Crippen molar-refractivity contribution >= 4 is 10.0 Å². The summed E-state index contributed by atoms with van der Waals surface area (Å²) in [5, 5.41) is 5.30. The van der Waals surface area contributed by atoms with Gasteiger partial charge >= 0.3 is 0 Å². The largest absolute Gasteiger partial charge is 0.238 e. The predicted octanol–water partition coefficient (Wildman–Crippen LogP) is 2.21. The highest BCUT2D eigenvalue weighted by Gasteiger charge is 2.27. The van der Waals surface area contributed by atoms with Gasteiger partial charge in [0, 0.05) is 5.92 Å². The van der Waals surface area contributed by atoms with Gasteiger partial charge in [-0.25, -0.2) is 13.6 Å². The normalized spacial score (nSPS) is 18.3. The zero-order chi connectivity index (χ0) is 13.5. The molecule has 1 aliphatic rings. The van der Waals surface area contributed by atoms with Crippen LogP contribution in [0.5, 0.6) is 0 Å². The van der Waals surface area contributed by atoms with E-state index in [0.717, 1.165) is 12.8 Å². The Hall–Kier alpha value is -1.65. The minimum atomic E-state index is -3.70. The Morgan fingerprint density at radius 2 is 1.95 bits per heavy atom. The molecule has 0 saturated carbocycles. The molecule has 0 spiro atoms.